The van der Waals surface area contributed by atoms with Gasteiger partial charge in [-0.15, -0.1) is 0 Å². The molecule has 2 aromatic carbocycles. The van der Waals surface area contributed by atoms with Gasteiger partial charge in [-0.05, 0) is 30.0 Å². The first-order valence-electron chi connectivity index (χ1n) is 8.04. The van der Waals surface area contributed by atoms with Crippen LogP contribution in [0.3, 0.4) is 0 Å². The average Bonchev–Trinajstić information content (AvgIpc) is 2.53. The third kappa shape index (κ3) is 3.91. The van der Waals surface area contributed by atoms with Crippen LogP contribution in [0.15, 0.2) is 42.5 Å². The van der Waals surface area contributed by atoms with Gasteiger partial charge >= 0.3 is 0 Å². The molecular weight excluding hydrogens is 300 g/mol. The summed E-state index contributed by atoms with van der Waals surface area (Å²) in [5.74, 6) is 0.452. The summed E-state index contributed by atoms with van der Waals surface area (Å²) in [5.41, 5.74) is 2.78. The van der Waals surface area contributed by atoms with E-state index in [2.05, 4.69) is 20.8 Å². The highest BCUT2D eigenvalue weighted by Gasteiger charge is 2.23. The van der Waals surface area contributed by atoms with Crippen LogP contribution in [0.5, 0.6) is 5.75 Å². The fourth-order valence-corrected chi connectivity index (χ4v) is 2.70. The van der Waals surface area contributed by atoms with Gasteiger partial charge < -0.3 is 4.74 Å². The smallest absolute Gasteiger partial charge is 0.170 e. The Morgan fingerprint density at radius 3 is 2.17 bits per heavy atom. The molecule has 0 aliphatic carbocycles. The number of hydrogen-bond donors (Lipinski definition) is 0. The molecule has 0 amide bonds. The number of ether oxygens (including phenoxy) is 1. The number of carbonyl (C=O) groups excluding carboxylic acids is 2. The minimum Gasteiger partial charge on any atom is -0.496 e. The number of methoxy groups -OCH3 is 1. The molecule has 0 atom stereocenters. The molecule has 3 heteroatoms. The van der Waals surface area contributed by atoms with Crippen LogP contribution in [0.1, 0.15) is 59.0 Å². The Hall–Kier alpha value is -2.42. The van der Waals surface area contributed by atoms with E-state index in [0.717, 1.165) is 16.9 Å². The number of carbonyl (C=O) groups is 2. The molecular formula is C21H24O3. The predicted molar refractivity (Wildman–Crippen MR) is 96.2 cm³/mol. The first-order valence-corrected chi connectivity index (χ1v) is 8.04. The minimum atomic E-state index is -0.159. The third-order valence-corrected chi connectivity index (χ3v) is 4.07. The van der Waals surface area contributed by atoms with Crippen LogP contribution in [0.4, 0.5) is 0 Å². The van der Waals surface area contributed by atoms with Crippen molar-refractivity contribution in [3.63, 3.8) is 0 Å². The number of Topliss-reactive ketones (excluding diaryl/α,β-unsaturated/α-hetero) is 2. The summed E-state index contributed by atoms with van der Waals surface area (Å²) in [6.45, 7) is 8.09. The maximum atomic E-state index is 12.7. The second kappa shape index (κ2) is 7.00. The monoisotopic (exact) mass is 324 g/mol. The molecule has 0 aliphatic rings. The maximum absolute atomic E-state index is 12.7. The zero-order valence-corrected chi connectivity index (χ0v) is 15.0. The van der Waals surface area contributed by atoms with Gasteiger partial charge in [0, 0.05) is 16.7 Å². The van der Waals surface area contributed by atoms with Crippen molar-refractivity contribution in [3.8, 4) is 5.75 Å². The lowest BCUT2D eigenvalue weighted by atomic mass is 9.83. The Bertz CT molecular complexity index is 753. The zero-order chi connectivity index (χ0) is 17.9. The van der Waals surface area contributed by atoms with Gasteiger partial charge in [0.2, 0.25) is 0 Å². The largest absolute Gasteiger partial charge is 0.496 e. The summed E-state index contributed by atoms with van der Waals surface area (Å²) in [4.78, 5) is 25.0. The molecule has 2 rings (SSSR count). The SMILES string of the molecule is COc1cc(C)c(C(=O)CC(=O)c2ccccc2)cc1C(C)(C)C. The van der Waals surface area contributed by atoms with Gasteiger partial charge in [-0.25, -0.2) is 0 Å². The molecule has 0 aliphatic heterocycles. The van der Waals surface area contributed by atoms with Crippen molar-refractivity contribution in [1.82, 2.24) is 0 Å². The average molecular weight is 324 g/mol. The van der Waals surface area contributed by atoms with E-state index in [1.165, 1.54) is 0 Å². The second-order valence-corrected chi connectivity index (χ2v) is 7.01. The normalized spacial score (nSPS) is 11.2. The van der Waals surface area contributed by atoms with Crippen molar-refractivity contribution in [2.75, 3.05) is 7.11 Å². The molecule has 0 unspecified atom stereocenters. The summed E-state index contributed by atoms with van der Waals surface area (Å²) >= 11 is 0. The summed E-state index contributed by atoms with van der Waals surface area (Å²) in [5, 5.41) is 0. The lowest BCUT2D eigenvalue weighted by Crippen LogP contribution is -2.16. The zero-order valence-electron chi connectivity index (χ0n) is 15.0. The predicted octanol–water partition coefficient (Wildman–Crippen LogP) is 4.76. The van der Waals surface area contributed by atoms with Crippen molar-refractivity contribution in [2.24, 2.45) is 0 Å². The van der Waals surface area contributed by atoms with Crippen molar-refractivity contribution in [3.05, 3.63) is 64.7 Å². The van der Waals surface area contributed by atoms with E-state index in [0.29, 0.717) is 11.1 Å². The summed E-state index contributed by atoms with van der Waals surface area (Å²) in [6, 6.07) is 12.7. The van der Waals surface area contributed by atoms with E-state index in [9.17, 15) is 9.59 Å². The van der Waals surface area contributed by atoms with Crippen LogP contribution in [-0.2, 0) is 5.41 Å². The first kappa shape index (κ1) is 17.9. The van der Waals surface area contributed by atoms with Crippen LogP contribution in [0, 0.1) is 6.92 Å². The van der Waals surface area contributed by atoms with Crippen LogP contribution < -0.4 is 4.74 Å². The van der Waals surface area contributed by atoms with Crippen molar-refractivity contribution < 1.29 is 14.3 Å². The highest BCUT2D eigenvalue weighted by atomic mass is 16.5. The molecule has 0 aromatic heterocycles. The summed E-state index contributed by atoms with van der Waals surface area (Å²) in [7, 11) is 1.63. The first-order chi connectivity index (χ1) is 11.2. The van der Waals surface area contributed by atoms with E-state index in [1.807, 2.05) is 25.1 Å². The van der Waals surface area contributed by atoms with Crippen molar-refractivity contribution >= 4 is 11.6 Å². The summed E-state index contributed by atoms with van der Waals surface area (Å²) < 4.78 is 5.46. The second-order valence-electron chi connectivity index (χ2n) is 7.01. The van der Waals surface area contributed by atoms with Gasteiger partial charge in [0.25, 0.3) is 0 Å². The molecule has 24 heavy (non-hydrogen) atoms. The lowest BCUT2D eigenvalue weighted by Gasteiger charge is -2.23. The quantitative estimate of drug-likeness (QED) is 0.588. The molecule has 0 heterocycles. The van der Waals surface area contributed by atoms with Gasteiger partial charge in [-0.2, -0.15) is 0 Å². The van der Waals surface area contributed by atoms with Crippen LogP contribution in [-0.4, -0.2) is 18.7 Å². The molecule has 0 fully saturated rings. The highest BCUT2D eigenvalue weighted by Crippen LogP contribution is 2.34. The molecule has 0 N–H and O–H groups in total. The Morgan fingerprint density at radius 2 is 1.62 bits per heavy atom. The van der Waals surface area contributed by atoms with E-state index in [4.69, 9.17) is 4.74 Å². The highest BCUT2D eigenvalue weighted by molar-refractivity contribution is 6.14. The molecule has 0 saturated carbocycles. The Morgan fingerprint density at radius 1 is 1.00 bits per heavy atom. The van der Waals surface area contributed by atoms with Crippen LogP contribution in [0.2, 0.25) is 0 Å². The van der Waals surface area contributed by atoms with E-state index >= 15 is 0 Å². The van der Waals surface area contributed by atoms with E-state index < -0.39 is 0 Å². The van der Waals surface area contributed by atoms with Crippen LogP contribution in [0.25, 0.3) is 0 Å². The van der Waals surface area contributed by atoms with Gasteiger partial charge in [0.15, 0.2) is 11.6 Å². The van der Waals surface area contributed by atoms with Crippen molar-refractivity contribution in [2.45, 2.75) is 39.5 Å². The van der Waals surface area contributed by atoms with Gasteiger partial charge in [0.1, 0.15) is 5.75 Å². The molecule has 0 bridgehead atoms. The lowest BCUT2D eigenvalue weighted by molar-refractivity contribution is 0.0894. The van der Waals surface area contributed by atoms with E-state index in [1.54, 1.807) is 31.4 Å². The van der Waals surface area contributed by atoms with Crippen molar-refractivity contribution in [1.29, 1.82) is 0 Å². The molecule has 0 spiro atoms. The van der Waals surface area contributed by atoms with Gasteiger partial charge in [-0.3, -0.25) is 9.59 Å². The van der Waals surface area contributed by atoms with Gasteiger partial charge in [-0.1, -0.05) is 51.1 Å². The van der Waals surface area contributed by atoms with E-state index in [-0.39, 0.29) is 23.4 Å². The molecule has 3 nitrogen and oxygen atoms in total. The molecule has 0 radical (unpaired) electrons. The number of hydrogen-bond acceptors (Lipinski definition) is 3. The Balaban J connectivity index is 2.34. The number of benzene rings is 2. The summed E-state index contributed by atoms with van der Waals surface area (Å²) in [6.07, 6.45) is -0.124. The molecule has 126 valence electrons. The molecule has 0 saturated heterocycles. The number of rotatable bonds is 5. The fraction of sp³-hybridized carbons (Fsp3) is 0.333. The topological polar surface area (TPSA) is 43.4 Å². The minimum absolute atomic E-state index is 0.124. The fourth-order valence-electron chi connectivity index (χ4n) is 2.70. The number of aryl methyl sites for hydroxylation is 1. The van der Waals surface area contributed by atoms with Crippen LogP contribution >= 0.6 is 0 Å². The standard InChI is InChI=1S/C21H24O3/c1-14-11-20(24-5)17(21(2,3)4)12-16(14)19(23)13-18(22)15-9-7-6-8-10-15/h6-12H,13H2,1-5H3. The number of ketones is 2. The Kier molecular flexibility index (Phi) is 5.23. The van der Waals surface area contributed by atoms with Gasteiger partial charge in [0.05, 0.1) is 13.5 Å². The maximum Gasteiger partial charge on any atom is 0.170 e. The third-order valence-electron chi connectivity index (χ3n) is 4.07. The Labute approximate surface area is 143 Å². The molecule has 2 aromatic rings.